The smallest absolute Gasteiger partial charge is 0.480 e. The molecule has 1 unspecified atom stereocenters. The first-order chi connectivity index (χ1) is 19.9. The topological polar surface area (TPSA) is 182 Å². The number of aliphatic carboxylic acids is 1. The Morgan fingerprint density at radius 1 is 1.10 bits per heavy atom. The monoisotopic (exact) mass is 595 g/mol. The zero-order valence-electron chi connectivity index (χ0n) is 22.5. The van der Waals surface area contributed by atoms with Gasteiger partial charge in [-0.3, -0.25) is 19.2 Å². The quantitative estimate of drug-likeness (QED) is 0.207. The van der Waals surface area contributed by atoms with E-state index in [1.165, 1.54) is 34.9 Å². The van der Waals surface area contributed by atoms with E-state index in [0.717, 1.165) is 13.4 Å². The lowest BCUT2D eigenvalue weighted by molar-refractivity contribution is -0.161. The molecule has 2 saturated heterocycles. The van der Waals surface area contributed by atoms with E-state index >= 15 is 0 Å². The summed E-state index contributed by atoms with van der Waals surface area (Å²) < 4.78 is 14.0. The van der Waals surface area contributed by atoms with Crippen LogP contribution in [0.25, 0.3) is 11.0 Å². The number of carboxylic acid groups (broad SMARTS) is 1. The van der Waals surface area contributed by atoms with Gasteiger partial charge in [-0.15, -0.1) is 11.8 Å². The molecule has 3 aromatic rings. The van der Waals surface area contributed by atoms with Crippen LogP contribution in [0.1, 0.15) is 35.8 Å². The van der Waals surface area contributed by atoms with Gasteiger partial charge in [0.15, 0.2) is 0 Å². The van der Waals surface area contributed by atoms with Gasteiger partial charge in [0, 0.05) is 4.75 Å². The number of amides is 3. The Balaban J connectivity index is 1.40. The Hall–Kier alpha value is -4.85. The first-order valence-corrected chi connectivity index (χ1v) is 13.5. The van der Waals surface area contributed by atoms with Crippen molar-refractivity contribution < 1.29 is 43.0 Å². The molecule has 3 N–H and O–H groups in total. The Bertz CT molecular complexity index is 1670. The molecule has 2 fully saturated rings. The molecule has 13 nitrogen and oxygen atoms in total. The molecule has 1 aromatic heterocycles. The van der Waals surface area contributed by atoms with E-state index < -0.39 is 69.1 Å². The Labute approximate surface area is 242 Å². The number of nitrogens with zero attached hydrogens (tertiary/aromatic N) is 1. The second kappa shape index (κ2) is 10.9. The molecule has 5 rings (SSSR count). The largest absolute Gasteiger partial charge is 0.513 e. The van der Waals surface area contributed by atoms with Crippen molar-refractivity contribution in [1.82, 2.24) is 15.5 Å². The number of carbonyl (C=O) groups excluding carboxylic acids is 4. The summed E-state index contributed by atoms with van der Waals surface area (Å²) in [6, 6.07) is 8.79. The van der Waals surface area contributed by atoms with Crippen molar-refractivity contribution in [2.24, 2.45) is 0 Å². The summed E-state index contributed by atoms with van der Waals surface area (Å²) in [5.41, 5.74) is -0.676. The molecule has 2 aliphatic rings. The normalized spacial score (nSPS) is 21.1. The van der Waals surface area contributed by atoms with E-state index in [4.69, 9.17) is 9.15 Å². The molecule has 2 aromatic carbocycles. The number of carbonyl (C=O) groups is 5. The second-order valence-electron chi connectivity index (χ2n) is 10.1. The maximum Gasteiger partial charge on any atom is 0.513 e. The molecule has 3 heterocycles. The van der Waals surface area contributed by atoms with E-state index in [1.54, 1.807) is 44.2 Å². The number of fused-ring (bicyclic) bond motifs is 2. The van der Waals surface area contributed by atoms with Crippen molar-refractivity contribution in [2.45, 2.75) is 42.1 Å². The van der Waals surface area contributed by atoms with Crippen LogP contribution in [0.5, 0.6) is 5.75 Å². The third-order valence-corrected chi connectivity index (χ3v) is 8.57. The predicted molar refractivity (Wildman–Crippen MR) is 148 cm³/mol. The van der Waals surface area contributed by atoms with Crippen LogP contribution in [-0.2, 0) is 19.1 Å². The van der Waals surface area contributed by atoms with E-state index in [1.807, 2.05) is 0 Å². The number of hydrogen-bond acceptors (Lipinski definition) is 10. The Kier molecular flexibility index (Phi) is 7.41. The molecular formula is C28H25N3O10S. The van der Waals surface area contributed by atoms with Crippen molar-refractivity contribution >= 4 is 52.6 Å². The van der Waals surface area contributed by atoms with Gasteiger partial charge in [-0.1, -0.05) is 30.3 Å². The summed E-state index contributed by atoms with van der Waals surface area (Å²) >= 11 is 1.26. The molecule has 14 heteroatoms. The first-order valence-electron chi connectivity index (χ1n) is 12.6. The molecule has 42 heavy (non-hydrogen) atoms. The molecular weight excluding hydrogens is 570 g/mol. The van der Waals surface area contributed by atoms with Gasteiger partial charge in [0.2, 0.25) is 17.2 Å². The second-order valence-corrected chi connectivity index (χ2v) is 11.9. The zero-order chi connectivity index (χ0) is 30.3. The number of nitrogens with one attached hydrogen (secondary N) is 2. The van der Waals surface area contributed by atoms with Crippen LogP contribution >= 0.6 is 11.8 Å². The number of carboxylic acids is 1. The van der Waals surface area contributed by atoms with Gasteiger partial charge in [0.25, 0.3) is 5.91 Å². The van der Waals surface area contributed by atoms with Crippen molar-refractivity contribution in [3.63, 3.8) is 0 Å². The maximum absolute atomic E-state index is 13.5. The minimum absolute atomic E-state index is 0.0157. The summed E-state index contributed by atoms with van der Waals surface area (Å²) in [5.74, 6) is -3.36. The number of methoxy groups -OCH3 is 1. The fourth-order valence-electron chi connectivity index (χ4n) is 5.00. The molecule has 4 atom stereocenters. The van der Waals surface area contributed by atoms with Crippen molar-refractivity contribution in [1.29, 1.82) is 0 Å². The number of benzene rings is 2. The Morgan fingerprint density at radius 2 is 1.81 bits per heavy atom. The number of β-lactam (4-membered cyclic amide) rings is 1. The molecule has 0 bridgehead atoms. The average molecular weight is 596 g/mol. The lowest BCUT2D eigenvalue weighted by atomic mass is 9.95. The Morgan fingerprint density at radius 3 is 2.48 bits per heavy atom. The van der Waals surface area contributed by atoms with E-state index in [0.29, 0.717) is 5.56 Å². The van der Waals surface area contributed by atoms with Crippen LogP contribution in [0.15, 0.2) is 64.0 Å². The molecule has 2 aliphatic heterocycles. The van der Waals surface area contributed by atoms with Gasteiger partial charge >= 0.3 is 12.1 Å². The van der Waals surface area contributed by atoms with Crippen LogP contribution in [0.3, 0.4) is 0 Å². The van der Waals surface area contributed by atoms with E-state index in [2.05, 4.69) is 15.4 Å². The van der Waals surface area contributed by atoms with Gasteiger partial charge in [0.05, 0.1) is 12.5 Å². The SMILES string of the molecule is COC(=O)Oc1ccc2occ(C(=O)NC(C(=O)N[C@@H]3C(=O)N4[C@@H]3SC(C)(C)[C@@H]4C(=O)O)c3ccccc3)c(=O)c2c1. The third kappa shape index (κ3) is 5.04. The lowest BCUT2D eigenvalue weighted by Gasteiger charge is -2.44. The van der Waals surface area contributed by atoms with Gasteiger partial charge in [-0.05, 0) is 37.6 Å². The highest BCUT2D eigenvalue weighted by Gasteiger charge is 2.64. The minimum atomic E-state index is -1.32. The summed E-state index contributed by atoms with van der Waals surface area (Å²) in [6.07, 6.45) is -0.0484. The van der Waals surface area contributed by atoms with Crippen molar-refractivity contribution in [3.8, 4) is 5.75 Å². The van der Waals surface area contributed by atoms with Gasteiger partial charge in [-0.25, -0.2) is 9.59 Å². The molecule has 0 aliphatic carbocycles. The van der Waals surface area contributed by atoms with Crippen LogP contribution in [0, 0.1) is 0 Å². The fourth-order valence-corrected chi connectivity index (χ4v) is 6.63. The van der Waals surface area contributed by atoms with Gasteiger partial charge < -0.3 is 34.5 Å². The molecule has 218 valence electrons. The van der Waals surface area contributed by atoms with E-state index in [9.17, 15) is 33.9 Å². The number of rotatable bonds is 7. The van der Waals surface area contributed by atoms with Crippen LogP contribution < -0.4 is 20.8 Å². The summed E-state index contributed by atoms with van der Waals surface area (Å²) in [4.78, 5) is 77.5. The molecule has 0 saturated carbocycles. The van der Waals surface area contributed by atoms with Crippen LogP contribution in [0.2, 0.25) is 0 Å². The summed E-state index contributed by atoms with van der Waals surface area (Å²) in [5, 5.41) is 14.2. The number of hydrogen-bond donors (Lipinski definition) is 3. The standard InChI is InChI=1S/C28H25N3O10S/c1-28(2)21(26(36)37)31-24(35)19(25(31)42-28)30-23(34)18(13-7-5-4-6-8-13)29-22(33)16-12-40-17-10-9-14(41-27(38)39-3)11-15(17)20(16)32/h4-12,18-19,21,25H,1-3H3,(H,29,33)(H,30,34)(H,36,37)/t18?,19-,21+,25-/m1/s1. The van der Waals surface area contributed by atoms with Crippen LogP contribution in [-0.4, -0.2) is 69.2 Å². The molecule has 0 spiro atoms. The third-order valence-electron chi connectivity index (χ3n) is 7.00. The van der Waals surface area contributed by atoms with E-state index in [-0.39, 0.29) is 16.7 Å². The first kappa shape index (κ1) is 28.7. The highest BCUT2D eigenvalue weighted by molar-refractivity contribution is 8.01. The zero-order valence-corrected chi connectivity index (χ0v) is 23.3. The average Bonchev–Trinajstić information content (AvgIpc) is 3.22. The number of ether oxygens (including phenoxy) is 2. The molecule has 0 radical (unpaired) electrons. The maximum atomic E-state index is 13.5. The van der Waals surface area contributed by atoms with Crippen LogP contribution in [0.4, 0.5) is 4.79 Å². The highest BCUT2D eigenvalue weighted by atomic mass is 32.2. The molecule has 3 amide bonds. The van der Waals surface area contributed by atoms with Gasteiger partial charge in [0.1, 0.15) is 46.7 Å². The van der Waals surface area contributed by atoms with Crippen molar-refractivity contribution in [2.75, 3.05) is 7.11 Å². The number of thioether (sulfide) groups is 1. The van der Waals surface area contributed by atoms with Gasteiger partial charge in [-0.2, -0.15) is 0 Å². The fraction of sp³-hybridized carbons (Fsp3) is 0.286. The predicted octanol–water partition coefficient (Wildman–Crippen LogP) is 2.04. The summed E-state index contributed by atoms with van der Waals surface area (Å²) in [7, 11) is 1.12. The summed E-state index contributed by atoms with van der Waals surface area (Å²) in [6.45, 7) is 3.43. The minimum Gasteiger partial charge on any atom is -0.480 e. The van der Waals surface area contributed by atoms with Crippen molar-refractivity contribution in [3.05, 3.63) is 76.1 Å². The highest BCUT2D eigenvalue weighted by Crippen LogP contribution is 2.50. The lowest BCUT2D eigenvalue weighted by Crippen LogP contribution is -2.71.